The molecule has 1 fully saturated rings. The van der Waals surface area contributed by atoms with Gasteiger partial charge in [-0.25, -0.2) is 12.8 Å². The number of amides is 2. The molecule has 0 saturated carbocycles. The van der Waals surface area contributed by atoms with Gasteiger partial charge in [0.25, 0.3) is 0 Å². The monoisotopic (exact) mass is 462 g/mol. The molecule has 0 bridgehead atoms. The third-order valence-corrected chi connectivity index (χ3v) is 7.36. The highest BCUT2D eigenvalue weighted by Gasteiger charge is 2.30. The maximum atomic E-state index is 13.7. The zero-order chi connectivity index (χ0) is 23.1. The van der Waals surface area contributed by atoms with Gasteiger partial charge in [0.2, 0.25) is 21.8 Å². The van der Waals surface area contributed by atoms with Crippen LogP contribution < -0.4 is 5.32 Å². The van der Waals surface area contributed by atoms with Gasteiger partial charge in [0.1, 0.15) is 10.7 Å². The summed E-state index contributed by atoms with van der Waals surface area (Å²) < 4.78 is 39.8. The quantitative estimate of drug-likeness (QED) is 0.640. The molecule has 2 amide bonds. The molecule has 8 nitrogen and oxygen atoms in total. The van der Waals surface area contributed by atoms with Crippen molar-refractivity contribution in [2.24, 2.45) is 5.92 Å². The summed E-state index contributed by atoms with van der Waals surface area (Å²) in [6, 6.07) is 9.42. The van der Waals surface area contributed by atoms with E-state index in [-0.39, 0.29) is 35.0 Å². The predicted octanol–water partition coefficient (Wildman–Crippen LogP) is 1.44. The van der Waals surface area contributed by atoms with Crippen molar-refractivity contribution in [1.82, 2.24) is 19.5 Å². The van der Waals surface area contributed by atoms with Crippen LogP contribution in [-0.2, 0) is 26.0 Å². The van der Waals surface area contributed by atoms with E-state index >= 15 is 0 Å². The Labute approximate surface area is 187 Å². The van der Waals surface area contributed by atoms with Crippen molar-refractivity contribution in [3.63, 3.8) is 0 Å². The first-order valence-corrected chi connectivity index (χ1v) is 11.9. The minimum atomic E-state index is -3.80. The Hall–Kier alpha value is -2.85. The van der Waals surface area contributed by atoms with Crippen LogP contribution in [0.4, 0.5) is 4.39 Å². The average molecular weight is 463 g/mol. The zero-order valence-electron chi connectivity index (χ0n) is 17.9. The summed E-state index contributed by atoms with van der Waals surface area (Å²) in [5.74, 6) is -0.927. The molecule has 2 aromatic rings. The maximum absolute atomic E-state index is 13.7. The molecule has 32 heavy (non-hydrogen) atoms. The molecule has 0 aliphatic carbocycles. The number of benzene rings is 1. The van der Waals surface area contributed by atoms with E-state index in [0.717, 1.165) is 4.31 Å². The van der Waals surface area contributed by atoms with Gasteiger partial charge >= 0.3 is 0 Å². The number of hydrogen-bond acceptors (Lipinski definition) is 5. The first-order valence-electron chi connectivity index (χ1n) is 10.4. The van der Waals surface area contributed by atoms with E-state index in [2.05, 4.69) is 10.3 Å². The molecule has 0 spiro atoms. The van der Waals surface area contributed by atoms with Gasteiger partial charge in [-0.15, -0.1) is 0 Å². The van der Waals surface area contributed by atoms with Crippen molar-refractivity contribution >= 4 is 21.8 Å². The third kappa shape index (κ3) is 5.89. The van der Waals surface area contributed by atoms with Gasteiger partial charge in [0, 0.05) is 45.0 Å². The highest BCUT2D eigenvalue weighted by Crippen LogP contribution is 2.19. The number of rotatable bonds is 8. The molecular formula is C22H27FN4O4S. The molecule has 0 atom stereocenters. The van der Waals surface area contributed by atoms with Crippen molar-refractivity contribution in [2.45, 2.75) is 24.2 Å². The number of hydrogen-bond donors (Lipinski definition) is 1. The first-order chi connectivity index (χ1) is 15.3. The Bertz CT molecular complexity index is 1040. The number of piperidine rings is 1. The lowest BCUT2D eigenvalue weighted by Gasteiger charge is -2.32. The Morgan fingerprint density at radius 3 is 2.56 bits per heavy atom. The number of sulfonamides is 1. The van der Waals surface area contributed by atoms with E-state index in [1.165, 1.54) is 37.6 Å². The van der Waals surface area contributed by atoms with Crippen molar-refractivity contribution in [3.8, 4) is 0 Å². The molecule has 0 radical (unpaired) electrons. The second-order valence-electron chi connectivity index (χ2n) is 7.74. The van der Waals surface area contributed by atoms with Crippen molar-refractivity contribution in [2.75, 3.05) is 33.2 Å². The number of carbonyl (C=O) groups is 2. The minimum absolute atomic E-state index is 0.0288. The second kappa shape index (κ2) is 10.6. The third-order valence-electron chi connectivity index (χ3n) is 5.57. The van der Waals surface area contributed by atoms with E-state index in [1.807, 2.05) is 0 Å². The number of nitrogens with zero attached hydrogens (tertiary/aromatic N) is 3. The smallest absolute Gasteiger partial charge is 0.244 e. The van der Waals surface area contributed by atoms with Crippen LogP contribution >= 0.6 is 0 Å². The minimum Gasteiger partial charge on any atom is -0.356 e. The van der Waals surface area contributed by atoms with Crippen molar-refractivity contribution in [3.05, 3.63) is 60.2 Å². The first kappa shape index (κ1) is 23.8. The number of aromatic nitrogens is 1. The normalized spacial score (nSPS) is 15.0. The largest absolute Gasteiger partial charge is 0.356 e. The topological polar surface area (TPSA) is 99.7 Å². The van der Waals surface area contributed by atoms with Gasteiger partial charge < -0.3 is 10.2 Å². The lowest BCUT2D eigenvalue weighted by atomic mass is 9.95. The number of nitrogens with one attached hydrogen (secondary N) is 1. The molecule has 10 heteroatoms. The molecule has 1 aliphatic heterocycles. The molecule has 1 N–H and O–H groups in total. The molecule has 2 heterocycles. The fourth-order valence-corrected chi connectivity index (χ4v) is 4.70. The van der Waals surface area contributed by atoms with Crippen LogP contribution in [0.2, 0.25) is 0 Å². The Balaban J connectivity index is 1.44. The number of pyridine rings is 1. The molecule has 1 aromatic heterocycles. The van der Waals surface area contributed by atoms with Crippen LogP contribution in [0.5, 0.6) is 0 Å². The average Bonchev–Trinajstić information content (AvgIpc) is 2.80. The van der Waals surface area contributed by atoms with Crippen LogP contribution in [0, 0.1) is 11.7 Å². The molecule has 172 valence electrons. The summed E-state index contributed by atoms with van der Waals surface area (Å²) in [5, 5.41) is 2.84. The highest BCUT2D eigenvalue weighted by molar-refractivity contribution is 7.89. The van der Waals surface area contributed by atoms with Gasteiger partial charge in [-0.05, 0) is 43.0 Å². The molecule has 1 aliphatic rings. The highest BCUT2D eigenvalue weighted by atomic mass is 32.2. The fraction of sp³-hybridized carbons (Fsp3) is 0.409. The predicted molar refractivity (Wildman–Crippen MR) is 116 cm³/mol. The van der Waals surface area contributed by atoms with Crippen LogP contribution in [0.3, 0.4) is 0 Å². The van der Waals surface area contributed by atoms with Gasteiger partial charge in [-0.1, -0.05) is 18.2 Å². The molecule has 3 rings (SSSR count). The summed E-state index contributed by atoms with van der Waals surface area (Å²) in [4.78, 5) is 30.4. The standard InChI is InChI=1S/C22H27FN4O4S/c1-26(32(30,31)19-6-4-11-24-15-19)16-21(28)27-13-9-18(10-14-27)22(29)25-12-8-17-5-2-3-7-20(17)23/h2-7,11,15,18H,8-10,12-14,16H2,1H3,(H,25,29). The maximum Gasteiger partial charge on any atom is 0.244 e. The van der Waals surface area contributed by atoms with Crippen LogP contribution in [0.25, 0.3) is 0 Å². The fourth-order valence-electron chi connectivity index (χ4n) is 3.61. The summed E-state index contributed by atoms with van der Waals surface area (Å²) >= 11 is 0. The van der Waals surface area contributed by atoms with Gasteiger partial charge in [0.15, 0.2) is 0 Å². The number of halogens is 1. The van der Waals surface area contributed by atoms with Crippen molar-refractivity contribution in [1.29, 1.82) is 0 Å². The van der Waals surface area contributed by atoms with E-state index in [0.29, 0.717) is 44.5 Å². The number of likely N-dealkylation sites (N-methyl/N-ethyl adjacent to an activating group) is 1. The summed E-state index contributed by atoms with van der Waals surface area (Å²) in [6.45, 7) is 0.822. The Kier molecular flexibility index (Phi) is 7.92. The van der Waals surface area contributed by atoms with Gasteiger partial charge in [-0.2, -0.15) is 4.31 Å². The zero-order valence-corrected chi connectivity index (χ0v) is 18.7. The number of carbonyl (C=O) groups excluding carboxylic acids is 2. The van der Waals surface area contributed by atoms with Crippen LogP contribution in [0.1, 0.15) is 18.4 Å². The Morgan fingerprint density at radius 1 is 1.19 bits per heavy atom. The second-order valence-corrected chi connectivity index (χ2v) is 9.78. The van der Waals surface area contributed by atoms with E-state index in [1.54, 1.807) is 23.1 Å². The van der Waals surface area contributed by atoms with Crippen LogP contribution in [0.15, 0.2) is 53.7 Å². The van der Waals surface area contributed by atoms with E-state index in [9.17, 15) is 22.4 Å². The van der Waals surface area contributed by atoms with E-state index < -0.39 is 10.0 Å². The van der Waals surface area contributed by atoms with E-state index in [4.69, 9.17) is 0 Å². The van der Waals surface area contributed by atoms with Crippen molar-refractivity contribution < 1.29 is 22.4 Å². The van der Waals surface area contributed by atoms with Crippen LogP contribution in [-0.4, -0.2) is 67.6 Å². The summed E-state index contributed by atoms with van der Waals surface area (Å²) in [5.41, 5.74) is 0.554. The Morgan fingerprint density at radius 2 is 1.91 bits per heavy atom. The molecule has 0 unspecified atom stereocenters. The van der Waals surface area contributed by atoms with Gasteiger partial charge in [0.05, 0.1) is 6.54 Å². The summed E-state index contributed by atoms with van der Waals surface area (Å²) in [6.07, 6.45) is 4.12. The lowest BCUT2D eigenvalue weighted by molar-refractivity contribution is -0.135. The molecule has 1 aromatic carbocycles. The molecular weight excluding hydrogens is 435 g/mol. The van der Waals surface area contributed by atoms with Gasteiger partial charge in [-0.3, -0.25) is 14.6 Å². The lowest BCUT2D eigenvalue weighted by Crippen LogP contribution is -2.46. The SMILES string of the molecule is CN(CC(=O)N1CCC(C(=O)NCCc2ccccc2F)CC1)S(=O)(=O)c1cccnc1. The summed E-state index contributed by atoms with van der Waals surface area (Å²) in [7, 11) is -2.44. The molecule has 1 saturated heterocycles. The number of likely N-dealkylation sites (tertiary alicyclic amines) is 1.